The van der Waals surface area contributed by atoms with Crippen LogP contribution in [-0.2, 0) is 0 Å². The number of fused-ring (bicyclic) bond motifs is 1. The van der Waals surface area contributed by atoms with Crippen LogP contribution in [0.25, 0.3) is 17.4 Å². The number of rotatable bonds is 4. The molecular weight excluding hydrogens is 366 g/mol. The van der Waals surface area contributed by atoms with Crippen LogP contribution < -0.4 is 4.74 Å². The van der Waals surface area contributed by atoms with Gasteiger partial charge in [0.25, 0.3) is 5.69 Å². The van der Waals surface area contributed by atoms with Crippen LogP contribution in [0.2, 0.25) is 0 Å². The predicted molar refractivity (Wildman–Crippen MR) is 102 cm³/mol. The van der Waals surface area contributed by atoms with Gasteiger partial charge in [-0.25, -0.2) is 0 Å². The van der Waals surface area contributed by atoms with Gasteiger partial charge in [0.2, 0.25) is 5.78 Å². The van der Waals surface area contributed by atoms with Crippen LogP contribution in [0.4, 0.5) is 5.69 Å². The highest BCUT2D eigenvalue weighted by atomic mass is 32.2. The predicted octanol–water partition coefficient (Wildman–Crippen LogP) is 5.19. The molecule has 2 aromatic carbocycles. The first-order valence-corrected chi connectivity index (χ1v) is 8.84. The highest BCUT2D eigenvalue weighted by molar-refractivity contribution is 8.04. The van der Waals surface area contributed by atoms with E-state index in [0.717, 1.165) is 4.90 Å². The number of nitrogens with zero attached hydrogens (tertiary/aromatic N) is 1. The van der Waals surface area contributed by atoms with E-state index in [0.29, 0.717) is 33.3 Å². The third kappa shape index (κ3) is 3.13. The van der Waals surface area contributed by atoms with Crippen LogP contribution in [0.3, 0.4) is 0 Å². The lowest BCUT2D eigenvalue weighted by atomic mass is 10.1. The first kappa shape index (κ1) is 17.1. The van der Waals surface area contributed by atoms with E-state index in [2.05, 4.69) is 0 Å². The minimum atomic E-state index is -0.472. The van der Waals surface area contributed by atoms with Gasteiger partial charge in [-0.2, -0.15) is 0 Å². The molecule has 4 rings (SSSR count). The van der Waals surface area contributed by atoms with Crippen molar-refractivity contribution >= 4 is 29.3 Å². The summed E-state index contributed by atoms with van der Waals surface area (Å²) in [6, 6.07) is 15.2. The second-order valence-electron chi connectivity index (χ2n) is 5.78. The number of non-ortho nitro benzene ring substituents is 1. The number of allylic oxidation sites excluding steroid dienone is 1. The quantitative estimate of drug-likeness (QED) is 0.352. The molecule has 0 bridgehead atoms. The summed E-state index contributed by atoms with van der Waals surface area (Å²) in [6.07, 6.45) is 1.68. The van der Waals surface area contributed by atoms with Gasteiger partial charge in [0.1, 0.15) is 17.3 Å². The van der Waals surface area contributed by atoms with E-state index in [1.54, 1.807) is 24.3 Å². The number of furan rings is 1. The molecule has 1 aliphatic rings. The second-order valence-corrected chi connectivity index (χ2v) is 6.86. The molecule has 27 heavy (non-hydrogen) atoms. The van der Waals surface area contributed by atoms with Gasteiger partial charge in [-0.1, -0.05) is 23.9 Å². The summed E-state index contributed by atoms with van der Waals surface area (Å²) < 4.78 is 11.1. The van der Waals surface area contributed by atoms with Gasteiger partial charge in [-0.05, 0) is 36.4 Å². The van der Waals surface area contributed by atoms with Crippen LogP contribution in [-0.4, -0.2) is 17.8 Å². The topological polar surface area (TPSA) is 82.6 Å². The average Bonchev–Trinajstić information content (AvgIpc) is 3.27. The Balaban J connectivity index is 1.68. The van der Waals surface area contributed by atoms with Crippen LogP contribution in [0.1, 0.15) is 16.1 Å². The maximum atomic E-state index is 12.5. The molecule has 2 heterocycles. The molecule has 0 N–H and O–H groups in total. The van der Waals surface area contributed by atoms with Gasteiger partial charge in [-0.3, -0.25) is 14.9 Å². The maximum Gasteiger partial charge on any atom is 0.270 e. The lowest BCUT2D eigenvalue weighted by Crippen LogP contribution is -1.93. The molecule has 1 aromatic heterocycles. The third-order valence-corrected chi connectivity index (χ3v) is 5.23. The second kappa shape index (κ2) is 6.77. The average molecular weight is 379 g/mol. The first-order chi connectivity index (χ1) is 13.1. The molecule has 3 aromatic rings. The molecule has 0 amide bonds. The zero-order chi connectivity index (χ0) is 19.0. The van der Waals surface area contributed by atoms with Crippen molar-refractivity contribution in [3.63, 3.8) is 0 Å². The molecule has 0 atom stereocenters. The third-order valence-electron chi connectivity index (χ3n) is 4.13. The van der Waals surface area contributed by atoms with Gasteiger partial charge in [0, 0.05) is 22.6 Å². The molecule has 0 fully saturated rings. The Kier molecular flexibility index (Phi) is 4.29. The number of hydrogen-bond acceptors (Lipinski definition) is 6. The van der Waals surface area contributed by atoms with Crippen LogP contribution in [0, 0.1) is 10.1 Å². The first-order valence-electron chi connectivity index (χ1n) is 8.03. The van der Waals surface area contributed by atoms with E-state index in [-0.39, 0.29) is 11.5 Å². The van der Waals surface area contributed by atoms with Gasteiger partial charge in [0.15, 0.2) is 0 Å². The largest absolute Gasteiger partial charge is 0.496 e. The number of thioether (sulfide) groups is 1. The zero-order valence-corrected chi connectivity index (χ0v) is 15.0. The van der Waals surface area contributed by atoms with E-state index in [4.69, 9.17) is 9.15 Å². The Morgan fingerprint density at radius 2 is 1.93 bits per heavy atom. The van der Waals surface area contributed by atoms with Gasteiger partial charge >= 0.3 is 0 Å². The Hall–Kier alpha value is -3.32. The number of hydrogen-bond donors (Lipinski definition) is 0. The smallest absolute Gasteiger partial charge is 0.270 e. The standard InChI is InChI=1S/C20H13NO5S/c1-25-16-8-6-12(21(23)24)10-15(16)17-9-7-13(26-17)11-19-20(22)14-4-2-3-5-18(14)27-19/h2-11H,1H3/b19-11-. The highest BCUT2D eigenvalue weighted by Crippen LogP contribution is 2.41. The Morgan fingerprint density at radius 1 is 1.11 bits per heavy atom. The molecule has 0 aliphatic carbocycles. The fourth-order valence-electron chi connectivity index (χ4n) is 2.84. The van der Waals surface area contributed by atoms with Crippen molar-refractivity contribution in [1.29, 1.82) is 0 Å². The van der Waals surface area contributed by atoms with Crippen molar-refractivity contribution in [1.82, 2.24) is 0 Å². The zero-order valence-electron chi connectivity index (χ0n) is 14.2. The van der Waals surface area contributed by atoms with Crippen molar-refractivity contribution in [2.75, 3.05) is 7.11 Å². The van der Waals surface area contributed by atoms with Crippen molar-refractivity contribution in [2.24, 2.45) is 0 Å². The van der Waals surface area contributed by atoms with Crippen molar-refractivity contribution in [3.05, 3.63) is 80.9 Å². The van der Waals surface area contributed by atoms with Crippen LogP contribution in [0.15, 0.2) is 68.8 Å². The lowest BCUT2D eigenvalue weighted by molar-refractivity contribution is -0.384. The van der Waals surface area contributed by atoms with E-state index in [9.17, 15) is 14.9 Å². The monoisotopic (exact) mass is 379 g/mol. The van der Waals surface area contributed by atoms with Crippen LogP contribution >= 0.6 is 11.8 Å². The number of Topliss-reactive ketones (excluding diaryl/α,β-unsaturated/α-hetero) is 1. The van der Waals surface area contributed by atoms with E-state index < -0.39 is 4.92 Å². The molecule has 7 heteroatoms. The van der Waals surface area contributed by atoms with Crippen molar-refractivity contribution < 1.29 is 18.9 Å². The molecule has 0 radical (unpaired) electrons. The summed E-state index contributed by atoms with van der Waals surface area (Å²) in [5, 5.41) is 11.0. The number of nitro groups is 1. The molecule has 6 nitrogen and oxygen atoms in total. The molecule has 0 unspecified atom stereocenters. The SMILES string of the molecule is COc1ccc([N+](=O)[O-])cc1-c1ccc(/C=C2\Sc3ccccc3C2=O)o1. The number of benzene rings is 2. The van der Waals surface area contributed by atoms with Gasteiger partial charge in [0.05, 0.1) is 22.5 Å². The fraction of sp³-hybridized carbons (Fsp3) is 0.0500. The molecular formula is C20H13NO5S. The Bertz CT molecular complexity index is 1100. The Morgan fingerprint density at radius 3 is 2.67 bits per heavy atom. The summed E-state index contributed by atoms with van der Waals surface area (Å²) in [7, 11) is 1.49. The molecule has 0 spiro atoms. The molecule has 0 saturated carbocycles. The van der Waals surface area contributed by atoms with Gasteiger partial charge < -0.3 is 9.15 Å². The normalized spacial score (nSPS) is 14.4. The number of ether oxygens (including phenoxy) is 1. The Labute approximate surface area is 158 Å². The van der Waals surface area contributed by atoms with E-state index >= 15 is 0 Å². The number of ketones is 1. The van der Waals surface area contributed by atoms with Crippen molar-refractivity contribution in [2.45, 2.75) is 4.90 Å². The van der Waals surface area contributed by atoms with Crippen molar-refractivity contribution in [3.8, 4) is 17.1 Å². The maximum absolute atomic E-state index is 12.5. The summed E-state index contributed by atoms with van der Waals surface area (Å²) in [5.74, 6) is 1.34. The minimum Gasteiger partial charge on any atom is -0.496 e. The number of carbonyl (C=O) groups excluding carboxylic acids is 1. The summed E-state index contributed by atoms with van der Waals surface area (Å²) in [4.78, 5) is 24.5. The molecule has 1 aliphatic heterocycles. The summed E-state index contributed by atoms with van der Waals surface area (Å²) >= 11 is 1.40. The highest BCUT2D eigenvalue weighted by Gasteiger charge is 2.25. The fourth-order valence-corrected chi connectivity index (χ4v) is 3.87. The number of nitro benzene ring substituents is 1. The summed E-state index contributed by atoms with van der Waals surface area (Å²) in [6.45, 7) is 0. The van der Waals surface area contributed by atoms with E-state index in [1.807, 2.05) is 18.2 Å². The lowest BCUT2D eigenvalue weighted by Gasteiger charge is -2.05. The van der Waals surface area contributed by atoms with Gasteiger partial charge in [-0.15, -0.1) is 0 Å². The van der Waals surface area contributed by atoms with E-state index in [1.165, 1.54) is 37.1 Å². The minimum absolute atomic E-state index is 0.0403. The number of carbonyl (C=O) groups is 1. The number of methoxy groups -OCH3 is 1. The molecule has 134 valence electrons. The molecule has 0 saturated heterocycles. The van der Waals surface area contributed by atoms with Crippen LogP contribution in [0.5, 0.6) is 5.75 Å². The summed E-state index contributed by atoms with van der Waals surface area (Å²) in [5.41, 5.74) is 1.10.